The van der Waals surface area contributed by atoms with E-state index in [1.54, 1.807) is 0 Å². The Bertz CT molecular complexity index is 458. The fraction of sp³-hybridized carbons (Fsp3) is 0.625. The van der Waals surface area contributed by atoms with Crippen LogP contribution in [-0.4, -0.2) is 29.6 Å². The molecular weight excluding hydrogens is 216 g/mol. The zero-order valence-corrected chi connectivity index (χ0v) is 9.74. The molecule has 84 valence electrons. The Morgan fingerprint density at radius 3 is 2.40 bits per heavy atom. The van der Waals surface area contributed by atoms with E-state index in [0.29, 0.717) is 12.2 Å². The van der Waals surface area contributed by atoms with Gasteiger partial charge in [0, 0.05) is 12.7 Å². The van der Waals surface area contributed by atoms with Crippen molar-refractivity contribution in [3.63, 3.8) is 0 Å². The predicted octanol–water partition coefficient (Wildman–Crippen LogP) is 0.122. The van der Waals surface area contributed by atoms with Crippen LogP contribution in [0.15, 0.2) is 0 Å². The second-order valence-corrected chi connectivity index (χ2v) is 5.66. The minimum absolute atomic E-state index is 0.0624. The molecule has 1 rings (SSSR count). The average Bonchev–Trinajstić information content (AvgIpc) is 2.14. The molecule has 0 aliphatic carbocycles. The van der Waals surface area contributed by atoms with Crippen molar-refractivity contribution >= 4 is 15.8 Å². The number of hydrogen-bond donors (Lipinski definition) is 1. The molecule has 6 nitrogen and oxygen atoms in total. The molecule has 0 amide bonds. The van der Waals surface area contributed by atoms with E-state index in [-0.39, 0.29) is 11.8 Å². The molecule has 0 fully saturated rings. The number of hydrogen-bond acceptors (Lipinski definition) is 6. The molecule has 0 saturated heterocycles. The van der Waals surface area contributed by atoms with Crippen LogP contribution in [0.25, 0.3) is 0 Å². The number of aromatic nitrogens is 3. The van der Waals surface area contributed by atoms with Gasteiger partial charge >= 0.3 is 0 Å². The third-order valence-corrected chi connectivity index (χ3v) is 3.53. The number of nitrogens with zero attached hydrogens (tertiary/aromatic N) is 3. The summed E-state index contributed by atoms with van der Waals surface area (Å²) < 4.78 is 22.6. The zero-order valence-electron chi connectivity index (χ0n) is 8.93. The van der Waals surface area contributed by atoms with E-state index in [1.807, 2.05) is 6.92 Å². The highest BCUT2D eigenvalue weighted by atomic mass is 32.2. The lowest BCUT2D eigenvalue weighted by molar-refractivity contribution is 0.588. The van der Waals surface area contributed by atoms with Gasteiger partial charge in [-0.05, 0) is 6.92 Å². The van der Waals surface area contributed by atoms with E-state index in [2.05, 4.69) is 15.0 Å². The zero-order chi connectivity index (χ0) is 11.6. The van der Waals surface area contributed by atoms with E-state index in [0.717, 1.165) is 6.26 Å². The van der Waals surface area contributed by atoms with Gasteiger partial charge in [0.1, 0.15) is 11.1 Å². The maximum Gasteiger partial charge on any atom is 0.223 e. The Hall–Kier alpha value is -1.24. The highest BCUT2D eigenvalue weighted by Crippen LogP contribution is 2.17. The van der Waals surface area contributed by atoms with Crippen molar-refractivity contribution in [3.05, 3.63) is 11.6 Å². The molecule has 0 saturated carbocycles. The van der Waals surface area contributed by atoms with Crippen molar-refractivity contribution < 1.29 is 8.42 Å². The molecule has 0 aliphatic rings. The highest BCUT2D eigenvalue weighted by molar-refractivity contribution is 7.90. The van der Waals surface area contributed by atoms with E-state index in [4.69, 9.17) is 5.73 Å². The second-order valence-electron chi connectivity index (χ2n) is 3.29. The SMILES string of the molecule is CCc1nc(N)nc(C(C)S(C)(=O)=O)n1. The third-order valence-electron chi connectivity index (χ3n) is 2.04. The van der Waals surface area contributed by atoms with E-state index in [9.17, 15) is 8.42 Å². The van der Waals surface area contributed by atoms with E-state index >= 15 is 0 Å². The maximum atomic E-state index is 11.3. The number of nitrogens with two attached hydrogens (primary N) is 1. The van der Waals surface area contributed by atoms with Crippen molar-refractivity contribution in [2.75, 3.05) is 12.0 Å². The van der Waals surface area contributed by atoms with Crippen LogP contribution in [0.3, 0.4) is 0 Å². The number of sulfone groups is 1. The summed E-state index contributed by atoms with van der Waals surface area (Å²) in [6, 6.07) is 0. The Labute approximate surface area is 88.9 Å². The summed E-state index contributed by atoms with van der Waals surface area (Å²) in [6.45, 7) is 3.40. The Morgan fingerprint density at radius 1 is 1.33 bits per heavy atom. The largest absolute Gasteiger partial charge is 0.368 e. The summed E-state index contributed by atoms with van der Waals surface area (Å²) in [5.41, 5.74) is 5.46. The summed E-state index contributed by atoms with van der Waals surface area (Å²) in [7, 11) is -3.21. The lowest BCUT2D eigenvalue weighted by Gasteiger charge is -2.08. The summed E-state index contributed by atoms with van der Waals surface area (Å²) in [6.07, 6.45) is 1.74. The molecule has 2 N–H and O–H groups in total. The lowest BCUT2D eigenvalue weighted by Crippen LogP contribution is -2.15. The van der Waals surface area contributed by atoms with Crippen molar-refractivity contribution in [2.45, 2.75) is 25.5 Å². The van der Waals surface area contributed by atoms with E-state index in [1.165, 1.54) is 6.92 Å². The second kappa shape index (κ2) is 4.09. The van der Waals surface area contributed by atoms with Gasteiger partial charge in [0.05, 0.1) is 0 Å². The van der Waals surface area contributed by atoms with Gasteiger partial charge in [0.15, 0.2) is 15.7 Å². The van der Waals surface area contributed by atoms with Crippen LogP contribution >= 0.6 is 0 Å². The van der Waals surface area contributed by atoms with Crippen molar-refractivity contribution in [2.24, 2.45) is 0 Å². The normalized spacial score (nSPS) is 13.8. The molecule has 1 atom stereocenters. The van der Waals surface area contributed by atoms with Crippen molar-refractivity contribution in [1.82, 2.24) is 15.0 Å². The van der Waals surface area contributed by atoms with Crippen molar-refractivity contribution in [1.29, 1.82) is 0 Å². The molecule has 0 aliphatic heterocycles. The molecule has 1 aromatic heterocycles. The Kier molecular flexibility index (Phi) is 3.23. The molecule has 0 bridgehead atoms. The standard InChI is InChI=1S/C8H14N4O2S/c1-4-6-10-7(12-8(9)11-6)5(2)15(3,13)14/h5H,4H2,1-3H3,(H2,9,10,11,12). The monoisotopic (exact) mass is 230 g/mol. The molecule has 0 radical (unpaired) electrons. The highest BCUT2D eigenvalue weighted by Gasteiger charge is 2.21. The summed E-state index contributed by atoms with van der Waals surface area (Å²) in [4.78, 5) is 11.7. The van der Waals surface area contributed by atoms with Gasteiger partial charge in [-0.2, -0.15) is 9.97 Å². The summed E-state index contributed by atoms with van der Waals surface area (Å²) in [5, 5.41) is -0.756. The number of nitrogen functional groups attached to an aromatic ring is 1. The Morgan fingerprint density at radius 2 is 1.93 bits per heavy atom. The van der Waals surface area contributed by atoms with Crippen LogP contribution in [0, 0.1) is 0 Å². The first-order valence-corrected chi connectivity index (χ1v) is 6.49. The lowest BCUT2D eigenvalue weighted by atomic mass is 10.4. The van der Waals surface area contributed by atoms with E-state index < -0.39 is 15.1 Å². The number of anilines is 1. The van der Waals surface area contributed by atoms with Gasteiger partial charge in [-0.15, -0.1) is 0 Å². The van der Waals surface area contributed by atoms with Crippen LogP contribution in [0.4, 0.5) is 5.95 Å². The molecule has 7 heteroatoms. The number of aryl methyl sites for hydroxylation is 1. The fourth-order valence-electron chi connectivity index (χ4n) is 0.988. The molecule has 0 aromatic carbocycles. The van der Waals surface area contributed by atoms with Crippen LogP contribution in [0.2, 0.25) is 0 Å². The first kappa shape index (κ1) is 11.8. The molecule has 15 heavy (non-hydrogen) atoms. The van der Waals surface area contributed by atoms with Crippen molar-refractivity contribution in [3.8, 4) is 0 Å². The molecular formula is C8H14N4O2S. The molecule has 1 heterocycles. The predicted molar refractivity (Wildman–Crippen MR) is 56.9 cm³/mol. The summed E-state index contributed by atoms with van der Waals surface area (Å²) in [5.74, 6) is 0.780. The van der Waals surface area contributed by atoms with Gasteiger partial charge in [0.25, 0.3) is 0 Å². The van der Waals surface area contributed by atoms with Gasteiger partial charge in [0.2, 0.25) is 5.95 Å². The molecule has 0 spiro atoms. The molecule has 1 unspecified atom stereocenters. The van der Waals surface area contributed by atoms with Gasteiger partial charge in [-0.25, -0.2) is 13.4 Å². The minimum atomic E-state index is -3.21. The topological polar surface area (TPSA) is 98.8 Å². The van der Waals surface area contributed by atoms with Crippen LogP contribution < -0.4 is 5.73 Å². The smallest absolute Gasteiger partial charge is 0.223 e. The van der Waals surface area contributed by atoms with Crippen LogP contribution in [0.5, 0.6) is 0 Å². The van der Waals surface area contributed by atoms with Gasteiger partial charge < -0.3 is 5.73 Å². The maximum absolute atomic E-state index is 11.3. The fourth-order valence-corrected chi connectivity index (χ4v) is 1.48. The first-order chi connectivity index (χ1) is 6.84. The first-order valence-electron chi connectivity index (χ1n) is 4.53. The quantitative estimate of drug-likeness (QED) is 0.792. The average molecular weight is 230 g/mol. The number of rotatable bonds is 3. The van der Waals surface area contributed by atoms with Crippen LogP contribution in [-0.2, 0) is 16.3 Å². The van der Waals surface area contributed by atoms with Gasteiger partial charge in [-0.1, -0.05) is 6.92 Å². The Balaban J connectivity index is 3.20. The van der Waals surface area contributed by atoms with Gasteiger partial charge in [-0.3, -0.25) is 0 Å². The third kappa shape index (κ3) is 2.85. The molecule has 1 aromatic rings. The van der Waals surface area contributed by atoms with Crippen LogP contribution in [0.1, 0.15) is 30.7 Å². The minimum Gasteiger partial charge on any atom is -0.368 e. The summed E-state index contributed by atoms with van der Waals surface area (Å²) >= 11 is 0.